The molecular weight excluding hydrogens is 310 g/mol. The molecule has 0 spiro atoms. The molecule has 116 valence electrons. The number of aromatic nitrogens is 2. The summed E-state index contributed by atoms with van der Waals surface area (Å²) in [5.74, 6) is 1.13. The van der Waals surface area contributed by atoms with Crippen molar-refractivity contribution in [2.45, 2.75) is 25.3 Å². The molecule has 6 bridgehead atoms. The van der Waals surface area contributed by atoms with E-state index in [0.29, 0.717) is 16.8 Å². The Morgan fingerprint density at radius 2 is 2.17 bits per heavy atom. The van der Waals surface area contributed by atoms with Gasteiger partial charge in [0.05, 0.1) is 12.2 Å². The van der Waals surface area contributed by atoms with Gasteiger partial charge in [0.2, 0.25) is 5.95 Å². The predicted octanol–water partition coefficient (Wildman–Crippen LogP) is 3.96. The molecule has 1 aromatic carbocycles. The first-order valence-corrected chi connectivity index (χ1v) is 8.02. The molecule has 6 heteroatoms. The van der Waals surface area contributed by atoms with E-state index in [1.165, 1.54) is 5.56 Å². The van der Waals surface area contributed by atoms with Crippen LogP contribution in [0.2, 0.25) is 5.02 Å². The van der Waals surface area contributed by atoms with E-state index in [1.807, 2.05) is 24.4 Å². The van der Waals surface area contributed by atoms with Gasteiger partial charge in [0.25, 0.3) is 0 Å². The van der Waals surface area contributed by atoms with Crippen molar-refractivity contribution in [3.8, 4) is 0 Å². The van der Waals surface area contributed by atoms with E-state index in [4.69, 9.17) is 11.6 Å². The fraction of sp³-hybridized carbons (Fsp3) is 0.235. The normalized spacial score (nSPS) is 19.3. The van der Waals surface area contributed by atoms with Crippen LogP contribution in [0.15, 0.2) is 47.2 Å². The molecule has 0 fully saturated rings. The number of allylic oxidation sites excluding steroid dienone is 1. The summed E-state index contributed by atoms with van der Waals surface area (Å²) in [4.78, 5) is 13.3. The average Bonchev–Trinajstić information content (AvgIpc) is 2.57. The SMILES string of the molecule is Clc1cnc2nc1Nc1cccc(c1)CCC1CC(=CC=N1)N2. The zero-order chi connectivity index (χ0) is 15.6. The Kier molecular flexibility index (Phi) is 3.71. The number of halogens is 1. The third-order valence-electron chi connectivity index (χ3n) is 4.00. The van der Waals surface area contributed by atoms with Gasteiger partial charge in [-0.25, -0.2) is 4.98 Å². The minimum atomic E-state index is 0.284. The van der Waals surface area contributed by atoms with Gasteiger partial charge in [-0.15, -0.1) is 0 Å². The Labute approximate surface area is 139 Å². The van der Waals surface area contributed by atoms with Gasteiger partial charge in [-0.1, -0.05) is 23.7 Å². The van der Waals surface area contributed by atoms with Crippen molar-refractivity contribution in [2.24, 2.45) is 4.99 Å². The summed E-state index contributed by atoms with van der Waals surface area (Å²) in [6.07, 6.45) is 8.31. The molecule has 1 aromatic heterocycles. The summed E-state index contributed by atoms with van der Waals surface area (Å²) in [6, 6.07) is 8.60. The van der Waals surface area contributed by atoms with Crippen LogP contribution in [0.25, 0.3) is 0 Å². The number of aliphatic imine (C=N–C) groups is 1. The van der Waals surface area contributed by atoms with Crippen molar-refractivity contribution in [2.75, 3.05) is 10.6 Å². The van der Waals surface area contributed by atoms with Gasteiger partial charge in [-0.3, -0.25) is 4.99 Å². The lowest BCUT2D eigenvalue weighted by molar-refractivity contribution is 0.608. The van der Waals surface area contributed by atoms with Crippen LogP contribution in [-0.4, -0.2) is 22.2 Å². The van der Waals surface area contributed by atoms with Crippen LogP contribution in [0, 0.1) is 0 Å². The van der Waals surface area contributed by atoms with E-state index >= 15 is 0 Å². The maximum absolute atomic E-state index is 6.22. The van der Waals surface area contributed by atoms with E-state index in [2.05, 4.69) is 37.7 Å². The first-order chi connectivity index (χ1) is 11.3. The highest BCUT2D eigenvalue weighted by Gasteiger charge is 2.15. The molecule has 23 heavy (non-hydrogen) atoms. The van der Waals surface area contributed by atoms with E-state index in [1.54, 1.807) is 6.20 Å². The zero-order valence-corrected chi connectivity index (χ0v) is 13.2. The number of aryl methyl sites for hydroxylation is 1. The molecule has 2 aliphatic rings. The lowest BCUT2D eigenvalue weighted by Crippen LogP contribution is -2.16. The van der Waals surface area contributed by atoms with Crippen molar-refractivity contribution >= 4 is 35.3 Å². The molecule has 3 heterocycles. The summed E-state index contributed by atoms with van der Waals surface area (Å²) in [7, 11) is 0. The molecule has 0 radical (unpaired) electrons. The lowest BCUT2D eigenvalue weighted by Gasteiger charge is -2.18. The van der Waals surface area contributed by atoms with Gasteiger partial charge < -0.3 is 10.6 Å². The standard InChI is InChI=1S/C17H16ClN5/c18-15-10-20-17-22-14-6-7-19-12(9-14)5-4-11-2-1-3-13(8-11)21-16(15)23-17/h1-3,6-8,10,12H,4-5,9H2,(H2,20,21,22,23). The number of benzene rings is 1. The van der Waals surface area contributed by atoms with Crippen LogP contribution >= 0.6 is 11.6 Å². The van der Waals surface area contributed by atoms with Crippen LogP contribution in [0.5, 0.6) is 0 Å². The van der Waals surface area contributed by atoms with E-state index in [-0.39, 0.29) is 6.04 Å². The van der Waals surface area contributed by atoms with E-state index in [9.17, 15) is 0 Å². The van der Waals surface area contributed by atoms with Crippen LogP contribution < -0.4 is 10.6 Å². The minimum absolute atomic E-state index is 0.284. The number of anilines is 3. The van der Waals surface area contributed by atoms with Gasteiger partial charge in [0, 0.05) is 24.0 Å². The molecule has 2 aliphatic heterocycles. The van der Waals surface area contributed by atoms with Gasteiger partial charge in [-0.2, -0.15) is 4.98 Å². The molecular formula is C17H16ClN5. The molecule has 2 N–H and O–H groups in total. The number of fused-ring (bicyclic) bond motifs is 6. The summed E-state index contributed by atoms with van der Waals surface area (Å²) in [6.45, 7) is 0. The lowest BCUT2D eigenvalue weighted by atomic mass is 10.0. The molecule has 0 amide bonds. The van der Waals surface area contributed by atoms with Gasteiger partial charge in [0.15, 0.2) is 5.82 Å². The predicted molar refractivity (Wildman–Crippen MR) is 93.7 cm³/mol. The quantitative estimate of drug-likeness (QED) is 0.769. The Hall–Kier alpha value is -2.40. The van der Waals surface area contributed by atoms with Crippen LogP contribution in [0.4, 0.5) is 17.5 Å². The largest absolute Gasteiger partial charge is 0.339 e. The summed E-state index contributed by atoms with van der Waals surface area (Å²) < 4.78 is 0. The van der Waals surface area contributed by atoms with Crippen molar-refractivity contribution in [1.29, 1.82) is 0 Å². The number of nitrogens with one attached hydrogen (secondary N) is 2. The first-order valence-electron chi connectivity index (χ1n) is 7.64. The maximum Gasteiger partial charge on any atom is 0.228 e. The monoisotopic (exact) mass is 325 g/mol. The molecule has 4 rings (SSSR count). The van der Waals surface area contributed by atoms with Crippen molar-refractivity contribution in [3.63, 3.8) is 0 Å². The van der Waals surface area contributed by atoms with Gasteiger partial charge >= 0.3 is 0 Å². The number of nitrogens with zero attached hydrogens (tertiary/aromatic N) is 3. The molecule has 5 nitrogen and oxygen atoms in total. The van der Waals surface area contributed by atoms with Gasteiger partial charge in [-0.05, 0) is 36.6 Å². The summed E-state index contributed by atoms with van der Waals surface area (Å²) in [5, 5.41) is 7.04. The van der Waals surface area contributed by atoms with Crippen LogP contribution in [-0.2, 0) is 6.42 Å². The van der Waals surface area contributed by atoms with Crippen LogP contribution in [0.3, 0.4) is 0 Å². The van der Waals surface area contributed by atoms with Crippen LogP contribution in [0.1, 0.15) is 18.4 Å². The second-order valence-electron chi connectivity index (χ2n) is 5.73. The van der Waals surface area contributed by atoms with E-state index < -0.39 is 0 Å². The fourth-order valence-corrected chi connectivity index (χ4v) is 2.97. The number of hydrogen-bond donors (Lipinski definition) is 2. The summed E-state index contributed by atoms with van der Waals surface area (Å²) >= 11 is 6.22. The van der Waals surface area contributed by atoms with Crippen molar-refractivity contribution in [3.05, 3.63) is 52.8 Å². The Bertz CT molecular complexity index is 799. The minimum Gasteiger partial charge on any atom is -0.339 e. The fourth-order valence-electron chi connectivity index (χ4n) is 2.83. The van der Waals surface area contributed by atoms with Gasteiger partial charge in [0.1, 0.15) is 5.02 Å². The molecule has 2 aromatic rings. The second kappa shape index (κ2) is 6.01. The average molecular weight is 326 g/mol. The molecule has 1 unspecified atom stereocenters. The third-order valence-corrected chi connectivity index (χ3v) is 4.28. The van der Waals surface area contributed by atoms with Crippen molar-refractivity contribution in [1.82, 2.24) is 9.97 Å². The molecule has 1 atom stereocenters. The second-order valence-corrected chi connectivity index (χ2v) is 6.13. The maximum atomic E-state index is 6.22. The number of dihydropyridines is 1. The molecule has 0 saturated carbocycles. The highest BCUT2D eigenvalue weighted by Crippen LogP contribution is 2.27. The number of rotatable bonds is 0. The third kappa shape index (κ3) is 3.19. The zero-order valence-electron chi connectivity index (χ0n) is 12.5. The number of hydrogen-bond acceptors (Lipinski definition) is 5. The first kappa shape index (κ1) is 14.2. The topological polar surface area (TPSA) is 62.2 Å². The van der Waals surface area contributed by atoms with E-state index in [0.717, 1.165) is 30.6 Å². The smallest absolute Gasteiger partial charge is 0.228 e. The summed E-state index contributed by atoms with van der Waals surface area (Å²) in [5.41, 5.74) is 3.32. The van der Waals surface area contributed by atoms with Crippen molar-refractivity contribution < 1.29 is 0 Å². The highest BCUT2D eigenvalue weighted by molar-refractivity contribution is 6.32. The highest BCUT2D eigenvalue weighted by atomic mass is 35.5. The molecule has 0 saturated heterocycles. The Morgan fingerprint density at radius 1 is 1.22 bits per heavy atom. The molecule has 0 aliphatic carbocycles. The Morgan fingerprint density at radius 3 is 3.13 bits per heavy atom. The Balaban J connectivity index is 1.76.